The van der Waals surface area contributed by atoms with Crippen LogP contribution >= 0.6 is 11.8 Å². The number of rotatable bonds is 5. The largest absolute Gasteiger partial charge is 0.467 e. The third-order valence-electron chi connectivity index (χ3n) is 3.69. The van der Waals surface area contributed by atoms with Crippen molar-refractivity contribution in [3.05, 3.63) is 24.2 Å². The molecule has 0 spiro atoms. The molecule has 1 fully saturated rings. The summed E-state index contributed by atoms with van der Waals surface area (Å²) in [6.07, 6.45) is 5.32. The van der Waals surface area contributed by atoms with Crippen molar-refractivity contribution in [1.29, 1.82) is 5.26 Å². The number of furan rings is 1. The molecule has 3 rings (SSSR count). The molecule has 1 aliphatic rings. The second-order valence-electron chi connectivity index (χ2n) is 5.38. The van der Waals surface area contributed by atoms with E-state index in [2.05, 4.69) is 25.7 Å². The normalized spacial score (nSPS) is 16.5. The predicted molar refractivity (Wildman–Crippen MR) is 84.8 cm³/mol. The van der Waals surface area contributed by atoms with Crippen LogP contribution in [0, 0.1) is 11.3 Å². The summed E-state index contributed by atoms with van der Waals surface area (Å²) in [4.78, 5) is 2.28. The number of piperidine rings is 1. The van der Waals surface area contributed by atoms with E-state index in [1.54, 1.807) is 6.26 Å². The second-order valence-corrected chi connectivity index (χ2v) is 6.69. The lowest BCUT2D eigenvalue weighted by Gasteiger charge is -2.27. The van der Waals surface area contributed by atoms with Crippen molar-refractivity contribution in [3.63, 3.8) is 0 Å². The van der Waals surface area contributed by atoms with Crippen LogP contribution < -0.4 is 4.90 Å². The summed E-state index contributed by atoms with van der Waals surface area (Å²) in [6.45, 7) is 4.48. The van der Waals surface area contributed by atoms with Crippen LogP contribution in [0.15, 0.2) is 28.0 Å². The summed E-state index contributed by atoms with van der Waals surface area (Å²) < 4.78 is 7.52. The van der Waals surface area contributed by atoms with E-state index in [0.29, 0.717) is 6.54 Å². The van der Waals surface area contributed by atoms with Gasteiger partial charge in [-0.3, -0.25) is 4.57 Å². The number of nitriles is 1. The molecule has 0 amide bonds. The summed E-state index contributed by atoms with van der Waals surface area (Å²) in [7, 11) is 0. The van der Waals surface area contributed by atoms with Gasteiger partial charge in [-0.15, -0.1) is 10.2 Å². The fourth-order valence-corrected chi connectivity index (χ4v) is 3.31. The SMILES string of the molecule is CC(C#N)Sc1nnc(N2CCCCC2)n1Cc1ccco1. The van der Waals surface area contributed by atoms with Gasteiger partial charge in [0.25, 0.3) is 0 Å². The number of nitrogens with zero attached hydrogens (tertiary/aromatic N) is 5. The van der Waals surface area contributed by atoms with Gasteiger partial charge in [-0.25, -0.2) is 0 Å². The molecule has 1 saturated heterocycles. The van der Waals surface area contributed by atoms with E-state index in [0.717, 1.165) is 30.0 Å². The highest BCUT2D eigenvalue weighted by Crippen LogP contribution is 2.27. The van der Waals surface area contributed by atoms with Crippen molar-refractivity contribution in [2.24, 2.45) is 0 Å². The van der Waals surface area contributed by atoms with Crippen molar-refractivity contribution in [2.45, 2.75) is 43.1 Å². The van der Waals surface area contributed by atoms with Gasteiger partial charge in [0, 0.05) is 13.1 Å². The van der Waals surface area contributed by atoms with Crippen LogP contribution in [0.1, 0.15) is 31.9 Å². The molecule has 2 aromatic rings. The van der Waals surface area contributed by atoms with Crippen LogP contribution in [0.2, 0.25) is 0 Å². The van der Waals surface area contributed by atoms with Gasteiger partial charge in [0.15, 0.2) is 5.16 Å². The molecule has 7 heteroatoms. The van der Waals surface area contributed by atoms with E-state index in [9.17, 15) is 0 Å². The fourth-order valence-electron chi connectivity index (χ4n) is 2.58. The minimum absolute atomic E-state index is 0.159. The molecule has 2 aromatic heterocycles. The van der Waals surface area contributed by atoms with E-state index in [-0.39, 0.29) is 5.25 Å². The van der Waals surface area contributed by atoms with Crippen LogP contribution in [0.5, 0.6) is 0 Å². The average Bonchev–Trinajstić information content (AvgIpc) is 3.19. The Labute approximate surface area is 134 Å². The molecule has 1 atom stereocenters. The third kappa shape index (κ3) is 3.28. The molecule has 0 bridgehead atoms. The highest BCUT2D eigenvalue weighted by molar-refractivity contribution is 8.00. The molecule has 1 unspecified atom stereocenters. The minimum atomic E-state index is -0.159. The van der Waals surface area contributed by atoms with Crippen molar-refractivity contribution < 1.29 is 4.42 Å². The Morgan fingerprint density at radius 1 is 1.36 bits per heavy atom. The molecule has 22 heavy (non-hydrogen) atoms. The standard InChI is InChI=1S/C15H19N5OS/c1-12(10-16)22-15-18-17-14(19-7-3-2-4-8-19)20(15)11-13-6-5-9-21-13/h5-6,9,12H,2-4,7-8,11H2,1H3. The number of thioether (sulfide) groups is 1. The van der Waals surface area contributed by atoms with Crippen molar-refractivity contribution >= 4 is 17.7 Å². The first-order valence-corrected chi connectivity index (χ1v) is 8.42. The molecule has 0 aromatic carbocycles. The van der Waals surface area contributed by atoms with Gasteiger partial charge in [-0.2, -0.15) is 5.26 Å². The van der Waals surface area contributed by atoms with E-state index >= 15 is 0 Å². The average molecular weight is 317 g/mol. The fraction of sp³-hybridized carbons (Fsp3) is 0.533. The summed E-state index contributed by atoms with van der Waals surface area (Å²) >= 11 is 1.44. The van der Waals surface area contributed by atoms with Crippen LogP contribution in [-0.2, 0) is 6.54 Å². The first-order chi connectivity index (χ1) is 10.8. The first kappa shape index (κ1) is 15.0. The number of hydrogen-bond donors (Lipinski definition) is 0. The van der Waals surface area contributed by atoms with Gasteiger partial charge < -0.3 is 9.32 Å². The van der Waals surface area contributed by atoms with Gasteiger partial charge in [0.2, 0.25) is 5.95 Å². The van der Waals surface area contributed by atoms with Crippen molar-refractivity contribution in [3.8, 4) is 6.07 Å². The molecular weight excluding hydrogens is 298 g/mol. The Bertz CT molecular complexity index is 639. The highest BCUT2D eigenvalue weighted by atomic mass is 32.2. The van der Waals surface area contributed by atoms with E-state index in [1.165, 1.54) is 31.0 Å². The maximum absolute atomic E-state index is 9.04. The van der Waals surface area contributed by atoms with Crippen LogP contribution in [0.3, 0.4) is 0 Å². The first-order valence-electron chi connectivity index (χ1n) is 7.54. The van der Waals surface area contributed by atoms with Crippen LogP contribution in [0.4, 0.5) is 5.95 Å². The molecule has 3 heterocycles. The Morgan fingerprint density at radius 3 is 2.86 bits per heavy atom. The van der Waals surface area contributed by atoms with Crippen LogP contribution in [-0.4, -0.2) is 33.1 Å². The quantitative estimate of drug-likeness (QED) is 0.790. The minimum Gasteiger partial charge on any atom is -0.467 e. The molecule has 6 nitrogen and oxygen atoms in total. The maximum atomic E-state index is 9.04. The Balaban J connectivity index is 1.89. The van der Waals surface area contributed by atoms with Crippen molar-refractivity contribution in [1.82, 2.24) is 14.8 Å². The maximum Gasteiger partial charge on any atom is 0.228 e. The number of hydrogen-bond acceptors (Lipinski definition) is 6. The van der Waals surface area contributed by atoms with Gasteiger partial charge in [0.1, 0.15) is 5.76 Å². The smallest absolute Gasteiger partial charge is 0.228 e. The van der Waals surface area contributed by atoms with Gasteiger partial charge >= 0.3 is 0 Å². The summed E-state index contributed by atoms with van der Waals surface area (Å²) in [6, 6.07) is 6.06. The number of aromatic nitrogens is 3. The van der Waals surface area contributed by atoms with E-state index < -0.39 is 0 Å². The number of anilines is 1. The Morgan fingerprint density at radius 2 is 2.18 bits per heavy atom. The molecule has 0 saturated carbocycles. The lowest BCUT2D eigenvalue weighted by atomic mass is 10.1. The lowest BCUT2D eigenvalue weighted by Crippen LogP contribution is -2.32. The zero-order valence-corrected chi connectivity index (χ0v) is 13.4. The molecule has 0 N–H and O–H groups in total. The highest BCUT2D eigenvalue weighted by Gasteiger charge is 2.22. The summed E-state index contributed by atoms with van der Waals surface area (Å²) in [5.74, 6) is 1.74. The molecule has 0 radical (unpaired) electrons. The molecular formula is C15H19N5OS. The Hall–Kier alpha value is -1.94. The van der Waals surface area contributed by atoms with E-state index in [1.807, 2.05) is 19.1 Å². The topological polar surface area (TPSA) is 70.9 Å². The second kappa shape index (κ2) is 6.88. The monoisotopic (exact) mass is 317 g/mol. The zero-order chi connectivity index (χ0) is 15.4. The van der Waals surface area contributed by atoms with Gasteiger partial charge in [-0.05, 0) is 38.3 Å². The predicted octanol–water partition coefficient (Wildman–Crippen LogP) is 2.91. The van der Waals surface area contributed by atoms with Crippen LogP contribution in [0.25, 0.3) is 0 Å². The lowest BCUT2D eigenvalue weighted by molar-refractivity contribution is 0.479. The zero-order valence-electron chi connectivity index (χ0n) is 12.6. The molecule has 1 aliphatic heterocycles. The van der Waals surface area contributed by atoms with Gasteiger partial charge in [-0.1, -0.05) is 11.8 Å². The third-order valence-corrected chi connectivity index (χ3v) is 4.67. The molecule has 116 valence electrons. The summed E-state index contributed by atoms with van der Waals surface area (Å²) in [5, 5.41) is 18.3. The van der Waals surface area contributed by atoms with Gasteiger partial charge in [0.05, 0.1) is 24.1 Å². The summed E-state index contributed by atoms with van der Waals surface area (Å²) in [5.41, 5.74) is 0. The molecule has 0 aliphatic carbocycles. The Kier molecular flexibility index (Phi) is 4.68. The van der Waals surface area contributed by atoms with Crippen molar-refractivity contribution in [2.75, 3.05) is 18.0 Å². The van der Waals surface area contributed by atoms with E-state index in [4.69, 9.17) is 9.68 Å².